The minimum Gasteiger partial charge on any atom is -0.364 e. The van der Waals surface area contributed by atoms with Crippen molar-refractivity contribution in [2.45, 2.75) is 26.3 Å². The second-order valence-corrected chi connectivity index (χ2v) is 4.18. The average Bonchev–Trinajstić information content (AvgIpc) is 2.37. The summed E-state index contributed by atoms with van der Waals surface area (Å²) in [6.07, 6.45) is 5.04. The third-order valence-corrected chi connectivity index (χ3v) is 2.50. The molecule has 2 rings (SSSR count). The van der Waals surface area contributed by atoms with Gasteiger partial charge in [0.1, 0.15) is 23.1 Å². The lowest BCUT2D eigenvalue weighted by Crippen LogP contribution is -2.05. The van der Waals surface area contributed by atoms with E-state index in [1.165, 1.54) is 6.33 Å². The number of hydrogen-bond acceptors (Lipinski definition) is 5. The van der Waals surface area contributed by atoms with Gasteiger partial charge in [-0.15, -0.1) is 0 Å². The lowest BCUT2D eigenvalue weighted by molar-refractivity contribution is 0.833. The molecular formula is C12H14ClN5. The summed E-state index contributed by atoms with van der Waals surface area (Å²) in [6, 6.07) is 3.56. The van der Waals surface area contributed by atoms with E-state index in [1.807, 2.05) is 6.07 Å². The zero-order valence-corrected chi connectivity index (χ0v) is 10.9. The maximum absolute atomic E-state index is 5.95. The highest BCUT2D eigenvalue weighted by molar-refractivity contribution is 6.29. The Balaban J connectivity index is 2.05. The lowest BCUT2D eigenvalue weighted by Gasteiger charge is -2.07. The number of rotatable bonds is 5. The highest BCUT2D eigenvalue weighted by atomic mass is 35.5. The van der Waals surface area contributed by atoms with E-state index in [4.69, 9.17) is 11.6 Å². The fraction of sp³-hybridized carbons (Fsp3) is 0.333. The van der Waals surface area contributed by atoms with Crippen LogP contribution in [-0.4, -0.2) is 19.9 Å². The molecule has 0 saturated carbocycles. The number of nitrogens with zero attached hydrogens (tertiary/aromatic N) is 4. The molecular weight excluding hydrogens is 250 g/mol. The molecule has 2 heterocycles. The van der Waals surface area contributed by atoms with Crippen LogP contribution in [0.4, 0.5) is 5.82 Å². The average molecular weight is 264 g/mol. The number of aryl methyl sites for hydroxylation is 1. The lowest BCUT2D eigenvalue weighted by atomic mass is 10.3. The topological polar surface area (TPSA) is 63.6 Å². The van der Waals surface area contributed by atoms with E-state index in [2.05, 4.69) is 32.2 Å². The van der Waals surface area contributed by atoms with Gasteiger partial charge in [-0.3, -0.25) is 0 Å². The Bertz CT molecular complexity index is 503. The van der Waals surface area contributed by atoms with Crippen molar-refractivity contribution in [1.29, 1.82) is 0 Å². The number of nitrogens with one attached hydrogen (secondary N) is 1. The third-order valence-electron chi connectivity index (χ3n) is 2.31. The second-order valence-electron chi connectivity index (χ2n) is 3.80. The summed E-state index contributed by atoms with van der Waals surface area (Å²) in [4.78, 5) is 16.5. The Labute approximate surface area is 111 Å². The Kier molecular flexibility index (Phi) is 4.41. The van der Waals surface area contributed by atoms with Crippen LogP contribution in [0.5, 0.6) is 0 Å². The van der Waals surface area contributed by atoms with Gasteiger partial charge in [-0.25, -0.2) is 19.9 Å². The molecule has 0 spiro atoms. The van der Waals surface area contributed by atoms with Crippen LogP contribution in [0.1, 0.15) is 24.9 Å². The van der Waals surface area contributed by atoms with Gasteiger partial charge in [0.15, 0.2) is 0 Å². The molecule has 0 fully saturated rings. The Morgan fingerprint density at radius 1 is 1.33 bits per heavy atom. The van der Waals surface area contributed by atoms with E-state index in [1.54, 1.807) is 12.3 Å². The molecule has 0 bridgehead atoms. The first-order valence-electron chi connectivity index (χ1n) is 5.80. The molecule has 0 aliphatic rings. The smallest absolute Gasteiger partial charge is 0.134 e. The highest BCUT2D eigenvalue weighted by Crippen LogP contribution is 2.13. The Hall–Kier alpha value is -1.75. The maximum Gasteiger partial charge on any atom is 0.134 e. The van der Waals surface area contributed by atoms with Crippen LogP contribution in [0.15, 0.2) is 24.7 Å². The first kappa shape index (κ1) is 12.7. The van der Waals surface area contributed by atoms with Gasteiger partial charge in [-0.1, -0.05) is 18.5 Å². The highest BCUT2D eigenvalue weighted by Gasteiger charge is 2.03. The van der Waals surface area contributed by atoms with Crippen molar-refractivity contribution in [3.8, 4) is 0 Å². The molecule has 0 aliphatic carbocycles. The van der Waals surface area contributed by atoms with E-state index in [0.29, 0.717) is 11.7 Å². The summed E-state index contributed by atoms with van der Waals surface area (Å²) < 4.78 is 0. The van der Waals surface area contributed by atoms with Gasteiger partial charge >= 0.3 is 0 Å². The fourth-order valence-electron chi connectivity index (χ4n) is 1.49. The maximum atomic E-state index is 5.95. The molecule has 0 amide bonds. The molecule has 0 radical (unpaired) electrons. The number of anilines is 1. The van der Waals surface area contributed by atoms with Crippen LogP contribution in [-0.2, 0) is 13.0 Å². The first-order valence-corrected chi connectivity index (χ1v) is 6.18. The first-order chi connectivity index (χ1) is 8.78. The summed E-state index contributed by atoms with van der Waals surface area (Å²) in [5.74, 6) is 1.48. The molecule has 0 atom stereocenters. The van der Waals surface area contributed by atoms with E-state index in [-0.39, 0.29) is 0 Å². The van der Waals surface area contributed by atoms with Crippen LogP contribution in [0.2, 0.25) is 5.15 Å². The van der Waals surface area contributed by atoms with Crippen LogP contribution in [0.25, 0.3) is 0 Å². The summed E-state index contributed by atoms with van der Waals surface area (Å²) in [5.41, 5.74) is 0.900. The van der Waals surface area contributed by atoms with E-state index in [9.17, 15) is 0 Å². The predicted molar refractivity (Wildman–Crippen MR) is 70.4 cm³/mol. The Morgan fingerprint density at radius 3 is 2.94 bits per heavy atom. The van der Waals surface area contributed by atoms with Crippen molar-refractivity contribution in [1.82, 2.24) is 19.9 Å². The molecule has 2 aromatic heterocycles. The minimum atomic E-state index is 0.457. The monoisotopic (exact) mass is 263 g/mol. The van der Waals surface area contributed by atoms with E-state index >= 15 is 0 Å². The van der Waals surface area contributed by atoms with E-state index < -0.39 is 0 Å². The molecule has 0 unspecified atom stereocenters. The molecule has 2 aromatic rings. The third kappa shape index (κ3) is 3.63. The zero-order valence-electron chi connectivity index (χ0n) is 10.1. The van der Waals surface area contributed by atoms with Gasteiger partial charge in [-0.2, -0.15) is 0 Å². The predicted octanol–water partition coefficient (Wildman–Crippen LogP) is 2.48. The molecule has 0 saturated heterocycles. The van der Waals surface area contributed by atoms with Crippen molar-refractivity contribution in [2.24, 2.45) is 0 Å². The summed E-state index contributed by atoms with van der Waals surface area (Å²) in [6.45, 7) is 2.67. The normalized spacial score (nSPS) is 10.3. The minimum absolute atomic E-state index is 0.457. The van der Waals surface area contributed by atoms with Crippen LogP contribution in [0, 0.1) is 0 Å². The van der Waals surface area contributed by atoms with Gasteiger partial charge in [-0.05, 0) is 12.5 Å². The van der Waals surface area contributed by atoms with Gasteiger partial charge in [0.05, 0.1) is 12.2 Å². The van der Waals surface area contributed by atoms with E-state index in [0.717, 1.165) is 30.2 Å². The largest absolute Gasteiger partial charge is 0.364 e. The van der Waals surface area contributed by atoms with Crippen molar-refractivity contribution < 1.29 is 0 Å². The standard InChI is InChI=1S/C12H14ClN5/c1-2-3-11-17-10(13)6-12(18-11)15-7-9-4-5-14-8-16-9/h4-6,8H,2-3,7H2,1H3,(H,15,17,18). The Morgan fingerprint density at radius 2 is 2.22 bits per heavy atom. The van der Waals surface area contributed by atoms with Gasteiger partial charge < -0.3 is 5.32 Å². The molecule has 94 valence electrons. The van der Waals surface area contributed by atoms with Crippen molar-refractivity contribution in [3.63, 3.8) is 0 Å². The molecule has 1 N–H and O–H groups in total. The molecule has 0 aromatic carbocycles. The second kappa shape index (κ2) is 6.26. The summed E-state index contributed by atoms with van der Waals surface area (Å²) in [7, 11) is 0. The van der Waals surface area contributed by atoms with Crippen LogP contribution < -0.4 is 5.32 Å². The number of halogens is 1. The molecule has 0 aliphatic heterocycles. The quantitative estimate of drug-likeness (QED) is 0.840. The van der Waals surface area contributed by atoms with Crippen molar-refractivity contribution in [3.05, 3.63) is 41.3 Å². The molecule has 6 heteroatoms. The SMILES string of the molecule is CCCc1nc(Cl)cc(NCc2ccncn2)n1. The number of hydrogen-bond donors (Lipinski definition) is 1. The van der Waals surface area contributed by atoms with Crippen molar-refractivity contribution in [2.75, 3.05) is 5.32 Å². The fourth-order valence-corrected chi connectivity index (χ4v) is 1.70. The van der Waals surface area contributed by atoms with Gasteiger partial charge in [0.25, 0.3) is 0 Å². The molecule has 5 nitrogen and oxygen atoms in total. The summed E-state index contributed by atoms with van der Waals surface area (Å²) >= 11 is 5.95. The van der Waals surface area contributed by atoms with Crippen molar-refractivity contribution >= 4 is 17.4 Å². The van der Waals surface area contributed by atoms with Gasteiger partial charge in [0, 0.05) is 18.7 Å². The van der Waals surface area contributed by atoms with Crippen LogP contribution in [0.3, 0.4) is 0 Å². The van der Waals surface area contributed by atoms with Crippen LogP contribution >= 0.6 is 11.6 Å². The summed E-state index contributed by atoms with van der Waals surface area (Å²) in [5, 5.41) is 3.63. The van der Waals surface area contributed by atoms with Gasteiger partial charge in [0.2, 0.25) is 0 Å². The number of aromatic nitrogens is 4. The zero-order chi connectivity index (χ0) is 12.8. The molecule has 18 heavy (non-hydrogen) atoms.